The summed E-state index contributed by atoms with van der Waals surface area (Å²) >= 11 is 1.84. The fourth-order valence-electron chi connectivity index (χ4n) is 7.54. The van der Waals surface area contributed by atoms with Gasteiger partial charge >= 0.3 is 6.03 Å². The zero-order chi connectivity index (χ0) is 47.2. The molecule has 2 fully saturated rings. The largest absolute Gasteiger partial charge is 0.368 e. The summed E-state index contributed by atoms with van der Waals surface area (Å²) in [4.78, 5) is 114. The SMILES string of the molecule is CC[C@H](C)[C@H](NC(=O)[C@H](Cc1ccccc1)NC(=O)C(CC(=O)NO)CC(C)C)C(=O)NCC(=O)NCC(=O)N[C@@H](CCCCNC(=O)CCCC[C@@H]1SC[C@@H]2NC(=O)N[C@@H]21)C(N)=O. The molecule has 0 saturated carbocycles. The molecule has 10 amide bonds. The molecule has 0 aliphatic carbocycles. The molecule has 0 aromatic heterocycles. The quantitative estimate of drug-likeness (QED) is 0.0220. The summed E-state index contributed by atoms with van der Waals surface area (Å²) in [6, 6.07) is 5.83. The number of amides is 10. The number of rotatable bonds is 29. The summed E-state index contributed by atoms with van der Waals surface area (Å²) in [7, 11) is 0. The number of primary amides is 1. The first-order chi connectivity index (χ1) is 30.5. The fourth-order valence-corrected chi connectivity index (χ4v) is 9.08. The fraction of sp³-hybridized carbons (Fsp3) is 0.651. The Morgan fingerprint density at radius 1 is 0.797 bits per heavy atom. The molecule has 12 N–H and O–H groups in total. The van der Waals surface area contributed by atoms with Gasteiger partial charge in [-0.15, -0.1) is 0 Å². The van der Waals surface area contributed by atoms with Gasteiger partial charge in [0.15, 0.2) is 0 Å². The Bertz CT molecular complexity index is 1750. The maximum atomic E-state index is 13.8. The lowest BCUT2D eigenvalue weighted by Crippen LogP contribution is -2.57. The summed E-state index contributed by atoms with van der Waals surface area (Å²) in [6.07, 6.45) is 4.67. The number of nitrogens with one attached hydrogen (secondary N) is 9. The summed E-state index contributed by atoms with van der Waals surface area (Å²) < 4.78 is 0. The van der Waals surface area contributed by atoms with Crippen LogP contribution in [0.2, 0.25) is 0 Å². The number of carbonyl (C=O) groups is 9. The van der Waals surface area contributed by atoms with Crippen molar-refractivity contribution in [2.75, 3.05) is 25.4 Å². The number of carbonyl (C=O) groups excluding carboxylic acids is 9. The molecule has 2 aliphatic rings. The molecular weight excluding hydrogens is 849 g/mol. The van der Waals surface area contributed by atoms with Gasteiger partial charge in [-0.05, 0) is 55.9 Å². The van der Waals surface area contributed by atoms with E-state index in [0.29, 0.717) is 43.9 Å². The molecule has 20 nitrogen and oxygen atoms in total. The van der Waals surface area contributed by atoms with Crippen molar-refractivity contribution in [3.8, 4) is 0 Å². The first-order valence-corrected chi connectivity index (χ1v) is 23.2. The molecule has 21 heteroatoms. The van der Waals surface area contributed by atoms with Crippen LogP contribution in [0.25, 0.3) is 0 Å². The van der Waals surface area contributed by atoms with Crippen LogP contribution in [0, 0.1) is 17.8 Å². The monoisotopic (exact) mass is 916 g/mol. The molecule has 2 aliphatic heterocycles. The van der Waals surface area contributed by atoms with Gasteiger partial charge in [0.1, 0.15) is 18.1 Å². The lowest BCUT2D eigenvalue weighted by molar-refractivity contribution is -0.137. The van der Waals surface area contributed by atoms with Gasteiger partial charge in [-0.2, -0.15) is 11.8 Å². The van der Waals surface area contributed by atoms with Gasteiger partial charge in [0.2, 0.25) is 47.3 Å². The second-order valence-corrected chi connectivity index (χ2v) is 18.2. The average Bonchev–Trinajstić information content (AvgIpc) is 3.82. The molecule has 0 radical (unpaired) electrons. The van der Waals surface area contributed by atoms with Crippen LogP contribution >= 0.6 is 11.8 Å². The number of unbranched alkanes of at least 4 members (excludes halogenated alkanes) is 2. The van der Waals surface area contributed by atoms with Crippen LogP contribution in [0.1, 0.15) is 97.5 Å². The summed E-state index contributed by atoms with van der Waals surface area (Å²) in [5.74, 6) is -5.24. The third kappa shape index (κ3) is 18.7. The van der Waals surface area contributed by atoms with Gasteiger partial charge in [-0.1, -0.05) is 70.9 Å². The van der Waals surface area contributed by atoms with Gasteiger partial charge < -0.3 is 48.3 Å². The highest BCUT2D eigenvalue weighted by atomic mass is 32.2. The van der Waals surface area contributed by atoms with Crippen LogP contribution in [-0.4, -0.2) is 119 Å². The van der Waals surface area contributed by atoms with E-state index in [1.807, 2.05) is 32.5 Å². The predicted molar refractivity (Wildman–Crippen MR) is 239 cm³/mol. The van der Waals surface area contributed by atoms with Crippen molar-refractivity contribution in [1.29, 1.82) is 0 Å². The normalized spacial score (nSPS) is 18.7. The van der Waals surface area contributed by atoms with E-state index in [0.717, 1.165) is 30.6 Å². The van der Waals surface area contributed by atoms with Crippen LogP contribution in [0.5, 0.6) is 0 Å². The van der Waals surface area contributed by atoms with Gasteiger partial charge in [-0.25, -0.2) is 10.3 Å². The highest BCUT2D eigenvalue weighted by Crippen LogP contribution is 2.33. The third-order valence-electron chi connectivity index (χ3n) is 11.3. The van der Waals surface area contributed by atoms with Crippen LogP contribution < -0.4 is 53.7 Å². The Balaban J connectivity index is 1.41. The van der Waals surface area contributed by atoms with Crippen molar-refractivity contribution in [1.82, 2.24) is 48.0 Å². The Hall–Kier alpha value is -5.44. The van der Waals surface area contributed by atoms with Crippen molar-refractivity contribution >= 4 is 65.1 Å². The van der Waals surface area contributed by atoms with E-state index >= 15 is 0 Å². The van der Waals surface area contributed by atoms with Gasteiger partial charge in [0, 0.05) is 42.7 Å². The number of fused-ring (bicyclic) bond motifs is 1. The Morgan fingerprint density at radius 2 is 1.52 bits per heavy atom. The van der Waals surface area contributed by atoms with Crippen LogP contribution in [0.4, 0.5) is 4.79 Å². The summed E-state index contributed by atoms with van der Waals surface area (Å²) in [6.45, 7) is 6.64. The third-order valence-corrected chi connectivity index (χ3v) is 12.8. The number of hydrogen-bond acceptors (Lipinski definition) is 11. The maximum Gasteiger partial charge on any atom is 0.315 e. The molecule has 356 valence electrons. The molecule has 64 heavy (non-hydrogen) atoms. The minimum absolute atomic E-state index is 0.0181. The molecule has 8 atom stereocenters. The van der Waals surface area contributed by atoms with E-state index in [4.69, 9.17) is 10.9 Å². The van der Waals surface area contributed by atoms with Crippen LogP contribution in [0.15, 0.2) is 30.3 Å². The molecule has 2 saturated heterocycles. The van der Waals surface area contributed by atoms with E-state index in [1.54, 1.807) is 42.7 Å². The van der Waals surface area contributed by atoms with E-state index < -0.39 is 84.4 Å². The van der Waals surface area contributed by atoms with Crippen molar-refractivity contribution in [2.24, 2.45) is 23.5 Å². The number of hydroxylamine groups is 1. The van der Waals surface area contributed by atoms with E-state index in [2.05, 4.69) is 42.5 Å². The molecule has 2 heterocycles. The van der Waals surface area contributed by atoms with E-state index in [1.165, 1.54) is 0 Å². The predicted octanol–water partition coefficient (Wildman–Crippen LogP) is 0.0174. The summed E-state index contributed by atoms with van der Waals surface area (Å²) in [5.41, 5.74) is 7.77. The number of hydrogen-bond donors (Lipinski definition) is 11. The first kappa shape index (κ1) is 52.9. The van der Waals surface area contributed by atoms with Gasteiger partial charge in [0.05, 0.1) is 25.2 Å². The Morgan fingerprint density at radius 3 is 2.19 bits per heavy atom. The van der Waals surface area contributed by atoms with Gasteiger partial charge in [0.25, 0.3) is 0 Å². The van der Waals surface area contributed by atoms with Crippen LogP contribution in [0.3, 0.4) is 0 Å². The topological polar surface area (TPSA) is 308 Å². The van der Waals surface area contributed by atoms with Crippen molar-refractivity contribution in [2.45, 2.75) is 134 Å². The molecular formula is C43H68N10O10S. The second kappa shape index (κ2) is 27.7. The molecule has 1 unspecified atom stereocenters. The molecule has 0 bridgehead atoms. The Kier molecular flexibility index (Phi) is 22.9. The second-order valence-electron chi connectivity index (χ2n) is 16.9. The number of urea groups is 1. The first-order valence-electron chi connectivity index (χ1n) is 22.2. The maximum absolute atomic E-state index is 13.8. The average molecular weight is 917 g/mol. The van der Waals surface area contributed by atoms with E-state index in [9.17, 15) is 43.2 Å². The Labute approximate surface area is 379 Å². The zero-order valence-electron chi connectivity index (χ0n) is 37.3. The molecule has 3 rings (SSSR count). The summed E-state index contributed by atoms with van der Waals surface area (Å²) in [5, 5.41) is 31.0. The van der Waals surface area contributed by atoms with Crippen LogP contribution in [-0.2, 0) is 44.8 Å². The minimum atomic E-state index is -1.15. The lowest BCUT2D eigenvalue weighted by atomic mass is 9.92. The molecule has 1 aromatic carbocycles. The zero-order valence-corrected chi connectivity index (χ0v) is 38.1. The van der Waals surface area contributed by atoms with Crippen molar-refractivity contribution in [3.05, 3.63) is 35.9 Å². The standard InChI is InChI=1S/C43H68N10O10S/c1-5-26(4)37(51-41(60)30(20-27-13-7-6-8-14-27)49-40(59)28(19-25(2)3)21-34(55)53-63)42(61)47-22-35(56)46-23-36(57)48-29(39(44)58)15-11-12-18-45-33(54)17-10-9-16-32-38-31(24-64-32)50-43(62)52-38/h6-8,13-14,25-26,28-32,37-38,63H,5,9-12,15-24H2,1-4H3,(H2,44,58)(H,45,54)(H,46,56)(H,47,61)(H,48,57)(H,49,59)(H,51,60)(H,53,55)(H2,50,52,62)/t26-,28?,29-,30-,31-,32-,37-,38-/m0/s1. The highest BCUT2D eigenvalue weighted by molar-refractivity contribution is 8.00. The lowest BCUT2D eigenvalue weighted by Gasteiger charge is -2.27. The molecule has 0 spiro atoms. The van der Waals surface area contributed by atoms with Gasteiger partial charge in [-0.3, -0.25) is 43.6 Å². The number of benzene rings is 1. The van der Waals surface area contributed by atoms with Crippen molar-refractivity contribution < 1.29 is 48.4 Å². The number of nitrogens with two attached hydrogens (primary N) is 1. The van der Waals surface area contributed by atoms with E-state index in [-0.39, 0.29) is 49.2 Å². The number of thioether (sulfide) groups is 1. The molecule has 1 aromatic rings. The minimum Gasteiger partial charge on any atom is -0.368 e. The smallest absolute Gasteiger partial charge is 0.315 e. The highest BCUT2D eigenvalue weighted by Gasteiger charge is 2.42. The van der Waals surface area contributed by atoms with Crippen molar-refractivity contribution in [3.63, 3.8) is 0 Å².